The lowest BCUT2D eigenvalue weighted by Gasteiger charge is -2.13. The summed E-state index contributed by atoms with van der Waals surface area (Å²) in [5.74, 6) is 0.545. The molecule has 1 aromatic rings. The van der Waals surface area contributed by atoms with Gasteiger partial charge in [-0.05, 0) is 63.1 Å². The number of aliphatic hydroxyl groups is 1. The first-order chi connectivity index (χ1) is 8.90. The summed E-state index contributed by atoms with van der Waals surface area (Å²) < 4.78 is 0. The normalized spacial score (nSPS) is 11.7. The quantitative estimate of drug-likeness (QED) is 0.416. The van der Waals surface area contributed by atoms with E-state index in [1.165, 1.54) is 0 Å². The number of aliphatic hydroxyl groups excluding tert-OH is 1. The maximum Gasteiger partial charge on any atom is 0.116 e. The Bertz CT molecular complexity index is 447. The zero-order chi connectivity index (χ0) is 15.0. The molecule has 0 aliphatic heterocycles. The van der Waals surface area contributed by atoms with Crippen molar-refractivity contribution in [2.24, 2.45) is 0 Å². The average molecular weight is 263 g/mol. The van der Waals surface area contributed by atoms with E-state index in [4.69, 9.17) is 5.11 Å². The largest absolute Gasteiger partial charge is 0.513 e. The number of rotatable bonds is 3. The molecule has 0 unspecified atom stereocenters. The molecule has 0 aliphatic rings. The third-order valence-electron chi connectivity index (χ3n) is 2.41. The van der Waals surface area contributed by atoms with Crippen molar-refractivity contribution in [2.75, 3.05) is 5.32 Å². The molecule has 0 aromatic heterocycles. The summed E-state index contributed by atoms with van der Waals surface area (Å²) in [7, 11) is 0. The number of phenols is 1. The van der Waals surface area contributed by atoms with E-state index in [0.717, 1.165) is 22.5 Å². The zero-order valence-corrected chi connectivity index (χ0v) is 12.7. The van der Waals surface area contributed by atoms with Crippen LogP contribution in [0.4, 0.5) is 5.69 Å². The van der Waals surface area contributed by atoms with Gasteiger partial charge in [-0.3, -0.25) is 0 Å². The molecule has 0 radical (unpaired) electrons. The summed E-state index contributed by atoms with van der Waals surface area (Å²) in [5, 5.41) is 21.8. The molecule has 0 amide bonds. The van der Waals surface area contributed by atoms with Crippen LogP contribution in [0.1, 0.15) is 38.8 Å². The highest BCUT2D eigenvalue weighted by molar-refractivity contribution is 5.62. The first-order valence-corrected chi connectivity index (χ1v) is 6.51. The van der Waals surface area contributed by atoms with Gasteiger partial charge < -0.3 is 15.5 Å². The monoisotopic (exact) mass is 263 g/mol. The molecule has 106 valence electrons. The van der Waals surface area contributed by atoms with E-state index in [1.54, 1.807) is 31.2 Å². The van der Waals surface area contributed by atoms with Crippen LogP contribution in [0.2, 0.25) is 0 Å². The lowest BCUT2D eigenvalue weighted by atomic mass is 10.1. The van der Waals surface area contributed by atoms with Gasteiger partial charge in [0.1, 0.15) is 5.75 Å². The lowest BCUT2D eigenvalue weighted by Crippen LogP contribution is -1.99. The second-order valence-corrected chi connectivity index (χ2v) is 4.24. The van der Waals surface area contributed by atoms with Gasteiger partial charge in [0, 0.05) is 11.4 Å². The summed E-state index contributed by atoms with van der Waals surface area (Å²) in [6.45, 7) is 11.4. The van der Waals surface area contributed by atoms with Gasteiger partial charge in [-0.25, -0.2) is 0 Å². The molecule has 0 fully saturated rings. The minimum Gasteiger partial charge on any atom is -0.513 e. The Morgan fingerprint density at radius 2 is 1.53 bits per heavy atom. The van der Waals surface area contributed by atoms with Crippen LogP contribution in [0.5, 0.6) is 5.75 Å². The number of benzene rings is 1. The van der Waals surface area contributed by atoms with Crippen LogP contribution < -0.4 is 5.32 Å². The number of aromatic hydroxyl groups is 1. The van der Waals surface area contributed by atoms with Crippen LogP contribution in [0.3, 0.4) is 0 Å². The second kappa shape index (κ2) is 8.25. The van der Waals surface area contributed by atoms with Crippen LogP contribution in [-0.2, 0) is 0 Å². The number of hydrogen-bond acceptors (Lipinski definition) is 3. The predicted molar refractivity (Wildman–Crippen MR) is 82.7 cm³/mol. The molecule has 3 N–H and O–H groups in total. The molecule has 3 heteroatoms. The van der Waals surface area contributed by atoms with Gasteiger partial charge in [0.2, 0.25) is 0 Å². The topological polar surface area (TPSA) is 52.5 Å². The predicted octanol–water partition coefficient (Wildman–Crippen LogP) is 4.81. The zero-order valence-electron chi connectivity index (χ0n) is 12.7. The van der Waals surface area contributed by atoms with Gasteiger partial charge in [-0.2, -0.15) is 0 Å². The van der Waals surface area contributed by atoms with Gasteiger partial charge >= 0.3 is 0 Å². The van der Waals surface area contributed by atoms with Crippen LogP contribution in [0.25, 0.3) is 0 Å². The Morgan fingerprint density at radius 3 is 1.95 bits per heavy atom. The highest BCUT2D eigenvalue weighted by Crippen LogP contribution is 2.26. The molecule has 0 saturated carbocycles. The second-order valence-electron chi connectivity index (χ2n) is 4.24. The number of allylic oxidation sites excluding steroid dienone is 4. The standard InChI is InChI=1S/C14H19NO2.C2H6/c1-9-7-13(17)8-10(2)14(9)15-11(3)5-6-12(4)16;1-2/h5-8,15-17H,1-4H3;1-2H3/b11-5+,12-6+;. The number of anilines is 1. The molecule has 0 spiro atoms. The van der Waals surface area contributed by atoms with Crippen molar-refractivity contribution < 1.29 is 10.2 Å². The minimum atomic E-state index is 0.269. The van der Waals surface area contributed by atoms with Gasteiger partial charge in [0.15, 0.2) is 0 Å². The van der Waals surface area contributed by atoms with Crippen LogP contribution >= 0.6 is 0 Å². The first-order valence-electron chi connectivity index (χ1n) is 6.51. The molecule has 19 heavy (non-hydrogen) atoms. The minimum absolute atomic E-state index is 0.269. The Labute approximate surface area is 116 Å². The van der Waals surface area contributed by atoms with E-state index in [1.807, 2.05) is 34.6 Å². The molecule has 0 atom stereocenters. The molecule has 0 heterocycles. The Balaban J connectivity index is 0.00000154. The number of aryl methyl sites for hydroxylation is 2. The molecule has 0 saturated heterocycles. The molecule has 1 aromatic carbocycles. The maximum atomic E-state index is 9.44. The number of nitrogens with one attached hydrogen (secondary N) is 1. The van der Waals surface area contributed by atoms with Crippen LogP contribution in [0.15, 0.2) is 35.7 Å². The van der Waals surface area contributed by atoms with Gasteiger partial charge in [0.05, 0.1) is 5.76 Å². The third-order valence-corrected chi connectivity index (χ3v) is 2.41. The molecule has 0 bridgehead atoms. The van der Waals surface area contributed by atoms with Crippen molar-refractivity contribution in [1.29, 1.82) is 0 Å². The van der Waals surface area contributed by atoms with E-state index < -0.39 is 0 Å². The SMILES string of the molecule is C/C(O)=C\C=C(/C)Nc1c(C)cc(O)cc1C.CC. The van der Waals surface area contributed by atoms with Crippen LogP contribution in [0, 0.1) is 13.8 Å². The average Bonchev–Trinajstić information content (AvgIpc) is 2.33. The molecule has 3 nitrogen and oxygen atoms in total. The van der Waals surface area contributed by atoms with Crippen molar-refractivity contribution in [3.05, 3.63) is 46.9 Å². The van der Waals surface area contributed by atoms with Crippen molar-refractivity contribution >= 4 is 5.69 Å². The van der Waals surface area contributed by atoms with E-state index in [-0.39, 0.29) is 11.5 Å². The highest BCUT2D eigenvalue weighted by atomic mass is 16.3. The first kappa shape index (κ1) is 17.1. The summed E-state index contributed by atoms with van der Waals surface area (Å²) in [5.41, 5.74) is 3.88. The molecular weight excluding hydrogens is 238 g/mol. The van der Waals surface area contributed by atoms with Gasteiger partial charge in [-0.15, -0.1) is 0 Å². The Morgan fingerprint density at radius 1 is 1.05 bits per heavy atom. The van der Waals surface area contributed by atoms with Gasteiger partial charge in [0.25, 0.3) is 0 Å². The highest BCUT2D eigenvalue weighted by Gasteiger charge is 2.04. The van der Waals surface area contributed by atoms with Crippen LogP contribution in [-0.4, -0.2) is 10.2 Å². The Hall–Kier alpha value is -1.90. The Kier molecular flexibility index (Phi) is 7.42. The van der Waals surface area contributed by atoms with Gasteiger partial charge in [-0.1, -0.05) is 13.8 Å². The molecular formula is C16H25NO2. The maximum absolute atomic E-state index is 9.44. The van der Waals surface area contributed by atoms with Crippen molar-refractivity contribution in [2.45, 2.75) is 41.5 Å². The van der Waals surface area contributed by atoms with Crippen molar-refractivity contribution in [3.8, 4) is 5.75 Å². The fourth-order valence-electron chi connectivity index (χ4n) is 1.62. The number of phenolic OH excluding ortho intramolecular Hbond substituents is 1. The van der Waals surface area contributed by atoms with E-state index >= 15 is 0 Å². The smallest absolute Gasteiger partial charge is 0.116 e. The van der Waals surface area contributed by atoms with Crippen molar-refractivity contribution in [3.63, 3.8) is 0 Å². The fraction of sp³-hybridized carbons (Fsp3) is 0.375. The summed E-state index contributed by atoms with van der Waals surface area (Å²) in [6, 6.07) is 3.44. The number of hydrogen-bond donors (Lipinski definition) is 3. The van der Waals surface area contributed by atoms with E-state index in [0.29, 0.717) is 0 Å². The fourth-order valence-corrected chi connectivity index (χ4v) is 1.62. The third kappa shape index (κ3) is 6.00. The summed E-state index contributed by atoms with van der Waals surface area (Å²) in [6.07, 6.45) is 3.44. The summed E-state index contributed by atoms with van der Waals surface area (Å²) >= 11 is 0. The molecule has 1 rings (SSSR count). The van der Waals surface area contributed by atoms with E-state index in [9.17, 15) is 5.11 Å². The lowest BCUT2D eigenvalue weighted by molar-refractivity contribution is 0.414. The summed E-state index contributed by atoms with van der Waals surface area (Å²) in [4.78, 5) is 0. The van der Waals surface area contributed by atoms with Crippen molar-refractivity contribution in [1.82, 2.24) is 0 Å². The molecule has 0 aliphatic carbocycles. The van der Waals surface area contributed by atoms with E-state index in [2.05, 4.69) is 5.32 Å².